The molecular formula is C19H32N4O. The predicted molar refractivity (Wildman–Crippen MR) is 97.7 cm³/mol. The summed E-state index contributed by atoms with van der Waals surface area (Å²) >= 11 is 0. The van der Waals surface area contributed by atoms with Gasteiger partial charge in [-0.05, 0) is 69.8 Å². The van der Waals surface area contributed by atoms with Crippen LogP contribution in [0.5, 0.6) is 0 Å². The summed E-state index contributed by atoms with van der Waals surface area (Å²) in [4.78, 5) is 18.5. The van der Waals surface area contributed by atoms with Crippen LogP contribution in [0.25, 0.3) is 0 Å². The topological polar surface area (TPSA) is 71.2 Å². The highest BCUT2D eigenvalue weighted by atomic mass is 16.1. The Morgan fingerprint density at radius 2 is 2.21 bits per heavy atom. The van der Waals surface area contributed by atoms with E-state index in [4.69, 9.17) is 5.73 Å². The third kappa shape index (κ3) is 6.21. The summed E-state index contributed by atoms with van der Waals surface area (Å²) in [5.41, 5.74) is 8.05. The molecular weight excluding hydrogens is 300 g/mol. The summed E-state index contributed by atoms with van der Waals surface area (Å²) < 4.78 is 0. The highest BCUT2D eigenvalue weighted by molar-refractivity contribution is 5.75. The molecule has 0 aromatic carbocycles. The van der Waals surface area contributed by atoms with Gasteiger partial charge in [-0.15, -0.1) is 0 Å². The SMILES string of the molecule is CN1CCCC1c1cncc(CCCNC(=O)CCCCCN)c1. The van der Waals surface area contributed by atoms with Crippen LogP contribution < -0.4 is 11.1 Å². The molecule has 2 rings (SSSR count). The lowest BCUT2D eigenvalue weighted by molar-refractivity contribution is -0.121. The molecule has 0 saturated carbocycles. The first kappa shape index (κ1) is 18.9. The highest BCUT2D eigenvalue weighted by Crippen LogP contribution is 2.30. The zero-order chi connectivity index (χ0) is 17.2. The number of aromatic nitrogens is 1. The molecule has 1 unspecified atom stereocenters. The van der Waals surface area contributed by atoms with Gasteiger partial charge in [0, 0.05) is 31.4 Å². The summed E-state index contributed by atoms with van der Waals surface area (Å²) in [6.07, 6.45) is 12.0. The van der Waals surface area contributed by atoms with Crippen LogP contribution in [0.1, 0.15) is 62.1 Å². The zero-order valence-electron chi connectivity index (χ0n) is 15.0. The molecule has 0 radical (unpaired) electrons. The van der Waals surface area contributed by atoms with Crippen LogP contribution in [0, 0.1) is 0 Å². The van der Waals surface area contributed by atoms with Crippen molar-refractivity contribution in [3.63, 3.8) is 0 Å². The van der Waals surface area contributed by atoms with Crippen molar-refractivity contribution in [3.05, 3.63) is 29.6 Å². The van der Waals surface area contributed by atoms with E-state index in [0.29, 0.717) is 19.0 Å². The van der Waals surface area contributed by atoms with Gasteiger partial charge >= 0.3 is 0 Å². The lowest BCUT2D eigenvalue weighted by Gasteiger charge is -2.19. The fourth-order valence-corrected chi connectivity index (χ4v) is 3.37. The van der Waals surface area contributed by atoms with Crippen LogP contribution in [0.4, 0.5) is 0 Å². The van der Waals surface area contributed by atoms with Crippen LogP contribution in [0.2, 0.25) is 0 Å². The van der Waals surface area contributed by atoms with E-state index in [9.17, 15) is 4.79 Å². The molecule has 1 aromatic heterocycles. The van der Waals surface area contributed by atoms with Gasteiger partial charge in [0.05, 0.1) is 0 Å². The smallest absolute Gasteiger partial charge is 0.219 e. The second kappa shape index (κ2) is 10.4. The molecule has 5 heteroatoms. The molecule has 1 atom stereocenters. The maximum atomic E-state index is 11.7. The van der Waals surface area contributed by atoms with E-state index in [-0.39, 0.29) is 5.91 Å². The van der Waals surface area contributed by atoms with E-state index in [1.54, 1.807) is 0 Å². The van der Waals surface area contributed by atoms with Gasteiger partial charge in [-0.1, -0.05) is 12.5 Å². The van der Waals surface area contributed by atoms with Gasteiger partial charge < -0.3 is 11.1 Å². The average Bonchev–Trinajstić information content (AvgIpc) is 3.02. The molecule has 0 aliphatic carbocycles. The monoisotopic (exact) mass is 332 g/mol. The number of nitrogens with zero attached hydrogens (tertiary/aromatic N) is 2. The molecule has 5 nitrogen and oxygen atoms in total. The van der Waals surface area contributed by atoms with Crippen molar-refractivity contribution in [3.8, 4) is 0 Å². The molecule has 24 heavy (non-hydrogen) atoms. The lowest BCUT2D eigenvalue weighted by Crippen LogP contribution is -2.24. The molecule has 1 aliphatic heterocycles. The number of amides is 1. The lowest BCUT2D eigenvalue weighted by atomic mass is 10.0. The van der Waals surface area contributed by atoms with Gasteiger partial charge in [0.15, 0.2) is 0 Å². The van der Waals surface area contributed by atoms with Crippen LogP contribution in [0.3, 0.4) is 0 Å². The summed E-state index contributed by atoms with van der Waals surface area (Å²) in [6, 6.07) is 2.80. The summed E-state index contributed by atoms with van der Waals surface area (Å²) in [6.45, 7) is 2.63. The molecule has 134 valence electrons. The van der Waals surface area contributed by atoms with E-state index in [1.807, 2.05) is 12.4 Å². The Labute approximate surface area is 146 Å². The minimum atomic E-state index is 0.159. The van der Waals surface area contributed by atoms with Gasteiger partial charge in [0.2, 0.25) is 5.91 Å². The molecule has 1 aromatic rings. The number of aryl methyl sites for hydroxylation is 1. The second-order valence-electron chi connectivity index (χ2n) is 6.82. The van der Waals surface area contributed by atoms with Crippen LogP contribution in [-0.2, 0) is 11.2 Å². The van der Waals surface area contributed by atoms with E-state index in [1.165, 1.54) is 30.5 Å². The number of rotatable bonds is 10. The quantitative estimate of drug-likeness (QED) is 0.646. The largest absolute Gasteiger partial charge is 0.356 e. The molecule has 1 fully saturated rings. The van der Waals surface area contributed by atoms with Crippen LogP contribution >= 0.6 is 0 Å². The number of pyridine rings is 1. The van der Waals surface area contributed by atoms with Crippen molar-refractivity contribution in [2.75, 3.05) is 26.7 Å². The molecule has 0 bridgehead atoms. The first-order valence-corrected chi connectivity index (χ1v) is 9.31. The number of hydrogen-bond acceptors (Lipinski definition) is 4. The predicted octanol–water partition coefficient (Wildman–Crippen LogP) is 2.42. The molecule has 1 aliphatic rings. The Hall–Kier alpha value is -1.46. The Morgan fingerprint density at radius 1 is 1.33 bits per heavy atom. The first-order chi connectivity index (χ1) is 11.7. The van der Waals surface area contributed by atoms with Gasteiger partial charge in [-0.25, -0.2) is 0 Å². The Balaban J connectivity index is 1.66. The molecule has 3 N–H and O–H groups in total. The van der Waals surface area contributed by atoms with Gasteiger partial charge in [-0.2, -0.15) is 0 Å². The maximum Gasteiger partial charge on any atom is 0.219 e. The van der Waals surface area contributed by atoms with Gasteiger partial charge in [0.1, 0.15) is 0 Å². The minimum Gasteiger partial charge on any atom is -0.356 e. The fraction of sp³-hybridized carbons (Fsp3) is 0.684. The number of carbonyl (C=O) groups is 1. The van der Waals surface area contributed by atoms with Crippen molar-refractivity contribution >= 4 is 5.91 Å². The Kier molecular flexibility index (Phi) is 8.19. The zero-order valence-corrected chi connectivity index (χ0v) is 15.0. The maximum absolute atomic E-state index is 11.7. The van der Waals surface area contributed by atoms with E-state index >= 15 is 0 Å². The van der Waals surface area contributed by atoms with Crippen LogP contribution in [0.15, 0.2) is 18.5 Å². The number of likely N-dealkylation sites (tertiary alicyclic amines) is 1. The van der Waals surface area contributed by atoms with Crippen molar-refractivity contribution in [2.45, 2.75) is 57.4 Å². The summed E-state index contributed by atoms with van der Waals surface area (Å²) in [5.74, 6) is 0.159. The second-order valence-corrected chi connectivity index (χ2v) is 6.82. The number of unbranched alkanes of at least 4 members (excludes halogenated alkanes) is 2. The number of nitrogens with one attached hydrogen (secondary N) is 1. The minimum absolute atomic E-state index is 0.159. The molecule has 1 amide bonds. The Morgan fingerprint density at radius 3 is 2.96 bits per heavy atom. The normalized spacial score (nSPS) is 18.0. The average molecular weight is 332 g/mol. The van der Waals surface area contributed by atoms with E-state index < -0.39 is 0 Å². The summed E-state index contributed by atoms with van der Waals surface area (Å²) in [5, 5.41) is 3.01. The number of hydrogen-bond donors (Lipinski definition) is 2. The highest BCUT2D eigenvalue weighted by Gasteiger charge is 2.22. The van der Waals surface area contributed by atoms with E-state index in [2.05, 4.69) is 28.3 Å². The van der Waals surface area contributed by atoms with Crippen molar-refractivity contribution in [1.82, 2.24) is 15.2 Å². The van der Waals surface area contributed by atoms with E-state index in [0.717, 1.165) is 38.6 Å². The van der Waals surface area contributed by atoms with Crippen molar-refractivity contribution in [2.24, 2.45) is 5.73 Å². The van der Waals surface area contributed by atoms with Gasteiger partial charge in [0.25, 0.3) is 0 Å². The first-order valence-electron chi connectivity index (χ1n) is 9.31. The molecule has 2 heterocycles. The standard InChI is InChI=1S/C19H32N4O/c1-23-12-6-8-18(23)17-13-16(14-21-15-17)7-5-11-22-19(24)9-3-2-4-10-20/h13-15,18H,2-12,20H2,1H3,(H,22,24). The third-order valence-electron chi connectivity index (χ3n) is 4.79. The summed E-state index contributed by atoms with van der Waals surface area (Å²) in [7, 11) is 2.19. The molecule has 0 spiro atoms. The molecule has 1 saturated heterocycles. The van der Waals surface area contributed by atoms with Crippen molar-refractivity contribution in [1.29, 1.82) is 0 Å². The van der Waals surface area contributed by atoms with Gasteiger partial charge in [-0.3, -0.25) is 14.7 Å². The number of nitrogens with two attached hydrogens (primary N) is 1. The third-order valence-corrected chi connectivity index (χ3v) is 4.79. The fourth-order valence-electron chi connectivity index (χ4n) is 3.37. The number of carbonyl (C=O) groups excluding carboxylic acids is 1. The Bertz CT molecular complexity index is 506. The van der Waals surface area contributed by atoms with Crippen LogP contribution in [-0.4, -0.2) is 42.5 Å². The van der Waals surface area contributed by atoms with Crippen molar-refractivity contribution < 1.29 is 4.79 Å².